The van der Waals surface area contributed by atoms with E-state index in [2.05, 4.69) is 15.3 Å². The number of rotatable bonds is 6. The first-order valence-electron chi connectivity index (χ1n) is 8.16. The molecule has 1 atom stereocenters. The summed E-state index contributed by atoms with van der Waals surface area (Å²) in [6.45, 7) is 1.49. The lowest BCUT2D eigenvalue weighted by Crippen LogP contribution is -2.18. The summed E-state index contributed by atoms with van der Waals surface area (Å²) in [5.41, 5.74) is 5.98. The molecule has 0 aliphatic rings. The molecule has 0 aliphatic carbocycles. The number of halogens is 5. The smallest absolute Gasteiger partial charge is 0.387 e. The van der Waals surface area contributed by atoms with Gasteiger partial charge in [0.15, 0.2) is 0 Å². The number of hydrogen-bond donors (Lipinski definition) is 2. The van der Waals surface area contributed by atoms with Crippen molar-refractivity contribution in [2.75, 3.05) is 5.32 Å². The Hall–Kier alpha value is -2.68. The van der Waals surface area contributed by atoms with Gasteiger partial charge in [0.1, 0.15) is 11.5 Å². The molecule has 0 fully saturated rings. The minimum atomic E-state index is -4.35. The molecule has 2 rings (SSSR count). The zero-order valence-electron chi connectivity index (χ0n) is 14.7. The van der Waals surface area contributed by atoms with Crippen LogP contribution in [0.1, 0.15) is 41.9 Å². The Morgan fingerprint density at radius 1 is 1.32 bits per heavy atom. The molecule has 0 saturated heterocycles. The predicted octanol–water partition coefficient (Wildman–Crippen LogP) is 4.89. The number of carbonyl (C=O) groups is 1. The van der Waals surface area contributed by atoms with E-state index in [0.717, 1.165) is 6.07 Å². The number of aromatic nitrogens is 1. The second-order valence-electron chi connectivity index (χ2n) is 5.96. The molecule has 3 N–H and O–H groups in total. The first-order valence-corrected chi connectivity index (χ1v) is 8.54. The maximum atomic E-state index is 14.1. The fourth-order valence-corrected chi connectivity index (χ4v) is 2.41. The number of pyridine rings is 1. The summed E-state index contributed by atoms with van der Waals surface area (Å²) < 4.78 is 50.9. The SMILES string of the molecule is CC(N=C(N)CCC(F)(F)F)c1cc(NC(=O)c2ccc(Cl)cn2)ccc1F. The Kier molecular flexibility index (Phi) is 6.95. The van der Waals surface area contributed by atoms with E-state index in [1.807, 2.05) is 0 Å². The normalized spacial score (nSPS) is 13.3. The molecule has 10 heteroatoms. The Bertz CT molecular complexity index is 869. The molecule has 0 bridgehead atoms. The van der Waals surface area contributed by atoms with Crippen molar-refractivity contribution in [2.45, 2.75) is 32.0 Å². The van der Waals surface area contributed by atoms with Gasteiger partial charge in [-0.3, -0.25) is 9.79 Å². The number of hydrogen-bond acceptors (Lipinski definition) is 3. The van der Waals surface area contributed by atoms with Crippen molar-refractivity contribution in [1.29, 1.82) is 0 Å². The standard InChI is InChI=1S/C18H17ClF4N4O/c1-10(26-16(24)6-7-18(21,22)23)13-8-12(3-4-14(13)20)27-17(28)15-5-2-11(19)9-25-15/h2-5,8-10H,6-7H2,1H3,(H2,24,26)(H,27,28). The molecule has 28 heavy (non-hydrogen) atoms. The summed E-state index contributed by atoms with van der Waals surface area (Å²) in [7, 11) is 0. The van der Waals surface area contributed by atoms with Crippen molar-refractivity contribution in [3.05, 3.63) is 58.6 Å². The third kappa shape index (κ3) is 6.49. The highest BCUT2D eigenvalue weighted by Gasteiger charge is 2.27. The van der Waals surface area contributed by atoms with Crippen molar-refractivity contribution in [1.82, 2.24) is 4.98 Å². The summed E-state index contributed by atoms with van der Waals surface area (Å²) in [5, 5.41) is 2.93. The third-order valence-electron chi connectivity index (χ3n) is 3.69. The number of anilines is 1. The Balaban J connectivity index is 2.13. The Morgan fingerprint density at radius 2 is 2.04 bits per heavy atom. The van der Waals surface area contributed by atoms with Crippen LogP contribution in [0.15, 0.2) is 41.5 Å². The molecule has 0 aliphatic heterocycles. The van der Waals surface area contributed by atoms with Crippen LogP contribution in [0.4, 0.5) is 23.2 Å². The largest absolute Gasteiger partial charge is 0.389 e. The number of amides is 1. The average molecular weight is 417 g/mol. The number of aliphatic imine (C=N–C) groups is 1. The maximum absolute atomic E-state index is 14.1. The van der Waals surface area contributed by atoms with Gasteiger partial charge in [-0.25, -0.2) is 9.37 Å². The molecule has 150 valence electrons. The van der Waals surface area contributed by atoms with E-state index in [4.69, 9.17) is 17.3 Å². The minimum Gasteiger partial charge on any atom is -0.387 e. The van der Waals surface area contributed by atoms with Gasteiger partial charge in [-0.1, -0.05) is 11.6 Å². The fourth-order valence-electron chi connectivity index (χ4n) is 2.30. The first kappa shape index (κ1) is 21.6. The first-order chi connectivity index (χ1) is 13.0. The molecule has 5 nitrogen and oxygen atoms in total. The van der Waals surface area contributed by atoms with Crippen LogP contribution >= 0.6 is 11.6 Å². The molecule has 2 aromatic rings. The van der Waals surface area contributed by atoms with Gasteiger partial charge < -0.3 is 11.1 Å². The van der Waals surface area contributed by atoms with Gasteiger partial charge in [-0.05, 0) is 37.3 Å². The van der Waals surface area contributed by atoms with E-state index in [-0.39, 0.29) is 22.8 Å². The summed E-state index contributed by atoms with van der Waals surface area (Å²) >= 11 is 5.72. The lowest BCUT2D eigenvalue weighted by atomic mass is 10.1. The molecule has 1 heterocycles. The van der Waals surface area contributed by atoms with Crippen molar-refractivity contribution in [3.8, 4) is 0 Å². The molecular formula is C18H17ClF4N4O. The van der Waals surface area contributed by atoms with Gasteiger partial charge in [0, 0.05) is 23.9 Å². The van der Waals surface area contributed by atoms with E-state index in [1.54, 1.807) is 0 Å². The van der Waals surface area contributed by atoms with Crippen LogP contribution in [-0.2, 0) is 0 Å². The number of benzene rings is 1. The van der Waals surface area contributed by atoms with Gasteiger partial charge >= 0.3 is 6.18 Å². The summed E-state index contributed by atoms with van der Waals surface area (Å²) in [6.07, 6.45) is -4.63. The van der Waals surface area contributed by atoms with Crippen LogP contribution < -0.4 is 11.1 Å². The minimum absolute atomic E-state index is 0.0804. The van der Waals surface area contributed by atoms with Crippen molar-refractivity contribution in [2.24, 2.45) is 10.7 Å². The number of alkyl halides is 3. The van der Waals surface area contributed by atoms with Crippen molar-refractivity contribution in [3.63, 3.8) is 0 Å². The second-order valence-corrected chi connectivity index (χ2v) is 6.40. The Labute approximate surface area is 163 Å². The predicted molar refractivity (Wildman–Crippen MR) is 98.9 cm³/mol. The highest BCUT2D eigenvalue weighted by atomic mass is 35.5. The molecular weight excluding hydrogens is 400 g/mol. The van der Waals surface area contributed by atoms with E-state index in [1.165, 1.54) is 37.4 Å². The number of carbonyl (C=O) groups excluding carboxylic acids is 1. The van der Waals surface area contributed by atoms with E-state index in [9.17, 15) is 22.4 Å². The highest BCUT2D eigenvalue weighted by molar-refractivity contribution is 6.30. The Morgan fingerprint density at radius 3 is 2.64 bits per heavy atom. The van der Waals surface area contributed by atoms with Crippen LogP contribution in [0.3, 0.4) is 0 Å². The molecule has 1 amide bonds. The van der Waals surface area contributed by atoms with Crippen LogP contribution in [0.2, 0.25) is 5.02 Å². The highest BCUT2D eigenvalue weighted by Crippen LogP contribution is 2.26. The quantitative estimate of drug-likeness (QED) is 0.400. The van der Waals surface area contributed by atoms with Crippen LogP contribution in [-0.4, -0.2) is 22.9 Å². The van der Waals surface area contributed by atoms with Crippen molar-refractivity contribution < 1.29 is 22.4 Å². The van der Waals surface area contributed by atoms with Gasteiger partial charge in [0.05, 0.1) is 23.3 Å². The summed E-state index contributed by atoms with van der Waals surface area (Å²) in [5.74, 6) is -1.39. The molecule has 0 spiro atoms. The number of amidine groups is 1. The third-order valence-corrected chi connectivity index (χ3v) is 3.91. The number of nitrogens with two attached hydrogens (primary N) is 1. The fraction of sp³-hybridized carbons (Fsp3) is 0.278. The number of nitrogens with one attached hydrogen (secondary N) is 1. The number of nitrogens with zero attached hydrogens (tertiary/aromatic N) is 2. The van der Waals surface area contributed by atoms with Gasteiger partial charge in [0.25, 0.3) is 5.91 Å². The van der Waals surface area contributed by atoms with Gasteiger partial charge in [-0.15, -0.1) is 0 Å². The topological polar surface area (TPSA) is 80.4 Å². The summed E-state index contributed by atoms with van der Waals surface area (Å²) in [6, 6.07) is 5.90. The average Bonchev–Trinajstić information content (AvgIpc) is 2.61. The van der Waals surface area contributed by atoms with Crippen LogP contribution in [0.25, 0.3) is 0 Å². The molecule has 0 radical (unpaired) electrons. The van der Waals surface area contributed by atoms with Gasteiger partial charge in [-0.2, -0.15) is 13.2 Å². The molecule has 1 aromatic carbocycles. The zero-order chi connectivity index (χ0) is 20.9. The maximum Gasteiger partial charge on any atom is 0.389 e. The molecule has 1 unspecified atom stereocenters. The van der Waals surface area contributed by atoms with E-state index in [0.29, 0.717) is 5.02 Å². The molecule has 0 saturated carbocycles. The van der Waals surface area contributed by atoms with Crippen LogP contribution in [0, 0.1) is 5.82 Å². The van der Waals surface area contributed by atoms with E-state index >= 15 is 0 Å². The molecule has 1 aromatic heterocycles. The lowest BCUT2D eigenvalue weighted by Gasteiger charge is -2.13. The van der Waals surface area contributed by atoms with Crippen LogP contribution in [0.5, 0.6) is 0 Å². The zero-order valence-corrected chi connectivity index (χ0v) is 15.5. The summed E-state index contributed by atoms with van der Waals surface area (Å²) in [4.78, 5) is 20.0. The van der Waals surface area contributed by atoms with E-state index < -0.39 is 36.8 Å². The van der Waals surface area contributed by atoms with Crippen molar-refractivity contribution >= 4 is 29.0 Å². The monoisotopic (exact) mass is 416 g/mol. The second kappa shape index (κ2) is 9.01. The van der Waals surface area contributed by atoms with Gasteiger partial charge in [0.2, 0.25) is 0 Å². The lowest BCUT2D eigenvalue weighted by molar-refractivity contribution is -0.132.